The summed E-state index contributed by atoms with van der Waals surface area (Å²) in [7, 11) is 0. The summed E-state index contributed by atoms with van der Waals surface area (Å²) in [5, 5.41) is 9.85. The lowest BCUT2D eigenvalue weighted by Gasteiger charge is -2.12. The van der Waals surface area contributed by atoms with Gasteiger partial charge in [0.15, 0.2) is 0 Å². The minimum absolute atomic E-state index is 0.0918. The van der Waals surface area contributed by atoms with E-state index in [4.69, 9.17) is 4.74 Å². The monoisotopic (exact) mass is 254 g/mol. The quantitative estimate of drug-likeness (QED) is 0.794. The van der Waals surface area contributed by atoms with Gasteiger partial charge in [-0.05, 0) is 25.8 Å². The number of aryl methyl sites for hydroxylation is 1. The summed E-state index contributed by atoms with van der Waals surface area (Å²) in [6.07, 6.45) is 0.0530. The summed E-state index contributed by atoms with van der Waals surface area (Å²) in [5.74, 6) is -0.806. The molecule has 0 spiro atoms. The Labute approximate surface area is 107 Å². The third-order valence-electron chi connectivity index (χ3n) is 2.60. The van der Waals surface area contributed by atoms with E-state index in [0.717, 1.165) is 12.0 Å². The molecular formula is C14H19FO3. The number of hydrogen-bond donors (Lipinski definition) is 1. The van der Waals surface area contributed by atoms with E-state index in [0.29, 0.717) is 6.61 Å². The Morgan fingerprint density at radius 3 is 2.89 bits per heavy atom. The van der Waals surface area contributed by atoms with Crippen molar-refractivity contribution in [1.29, 1.82) is 0 Å². The van der Waals surface area contributed by atoms with Gasteiger partial charge in [-0.25, -0.2) is 4.39 Å². The van der Waals surface area contributed by atoms with Gasteiger partial charge in [0.1, 0.15) is 5.82 Å². The summed E-state index contributed by atoms with van der Waals surface area (Å²) in [6, 6.07) is 4.56. The largest absolute Gasteiger partial charge is 0.466 e. The van der Waals surface area contributed by atoms with Gasteiger partial charge in [0.2, 0.25) is 0 Å². The van der Waals surface area contributed by atoms with Gasteiger partial charge in [-0.2, -0.15) is 0 Å². The topological polar surface area (TPSA) is 46.5 Å². The summed E-state index contributed by atoms with van der Waals surface area (Å²) in [4.78, 5) is 11.3. The smallest absolute Gasteiger partial charge is 0.305 e. The van der Waals surface area contributed by atoms with Gasteiger partial charge in [0.05, 0.1) is 12.7 Å². The van der Waals surface area contributed by atoms with E-state index in [-0.39, 0.29) is 24.4 Å². The number of ether oxygens (including phenoxy) is 1. The molecule has 100 valence electrons. The standard InChI is InChI=1S/C14H19FO3/c1-3-8-18-14(17)7-6-13(16)11-9-10(2)4-5-12(11)15/h4-5,9,13,16H,3,6-8H2,1-2H3. The third-order valence-corrected chi connectivity index (χ3v) is 2.60. The van der Waals surface area contributed by atoms with Crippen LogP contribution in [0.3, 0.4) is 0 Å². The molecule has 0 heterocycles. The van der Waals surface area contributed by atoms with Gasteiger partial charge in [-0.3, -0.25) is 4.79 Å². The van der Waals surface area contributed by atoms with E-state index in [1.807, 2.05) is 13.8 Å². The molecule has 1 atom stereocenters. The van der Waals surface area contributed by atoms with Crippen molar-refractivity contribution in [2.75, 3.05) is 6.61 Å². The molecular weight excluding hydrogens is 235 g/mol. The van der Waals surface area contributed by atoms with Gasteiger partial charge in [-0.15, -0.1) is 0 Å². The molecule has 3 nitrogen and oxygen atoms in total. The van der Waals surface area contributed by atoms with Gasteiger partial charge in [0, 0.05) is 12.0 Å². The van der Waals surface area contributed by atoms with E-state index in [2.05, 4.69) is 0 Å². The number of carbonyl (C=O) groups excluding carboxylic acids is 1. The number of aliphatic hydroxyl groups excluding tert-OH is 1. The number of benzene rings is 1. The van der Waals surface area contributed by atoms with E-state index in [1.54, 1.807) is 12.1 Å². The molecule has 0 saturated heterocycles. The SMILES string of the molecule is CCCOC(=O)CCC(O)c1cc(C)ccc1F. The average molecular weight is 254 g/mol. The van der Waals surface area contributed by atoms with Crippen LogP contribution in [0.25, 0.3) is 0 Å². The number of hydrogen-bond acceptors (Lipinski definition) is 3. The highest BCUT2D eigenvalue weighted by Crippen LogP contribution is 2.22. The van der Waals surface area contributed by atoms with Crippen molar-refractivity contribution >= 4 is 5.97 Å². The second-order valence-electron chi connectivity index (χ2n) is 4.30. The third kappa shape index (κ3) is 4.45. The maximum Gasteiger partial charge on any atom is 0.305 e. The van der Waals surface area contributed by atoms with Crippen LogP contribution in [0.15, 0.2) is 18.2 Å². The maximum absolute atomic E-state index is 13.5. The number of aliphatic hydroxyl groups is 1. The molecule has 18 heavy (non-hydrogen) atoms. The first-order valence-electron chi connectivity index (χ1n) is 6.14. The predicted molar refractivity (Wildman–Crippen MR) is 66.6 cm³/mol. The molecule has 0 bridgehead atoms. The van der Waals surface area contributed by atoms with Crippen molar-refractivity contribution in [2.24, 2.45) is 0 Å². The van der Waals surface area contributed by atoms with Crippen molar-refractivity contribution in [3.63, 3.8) is 0 Å². The van der Waals surface area contributed by atoms with E-state index in [1.165, 1.54) is 6.07 Å². The highest BCUT2D eigenvalue weighted by atomic mass is 19.1. The molecule has 0 fully saturated rings. The van der Waals surface area contributed by atoms with Crippen LogP contribution in [0.4, 0.5) is 4.39 Å². The minimum Gasteiger partial charge on any atom is -0.466 e. The Hall–Kier alpha value is -1.42. The zero-order chi connectivity index (χ0) is 13.5. The highest BCUT2D eigenvalue weighted by Gasteiger charge is 2.15. The fourth-order valence-corrected chi connectivity index (χ4v) is 1.62. The molecule has 1 N–H and O–H groups in total. The van der Waals surface area contributed by atoms with Crippen molar-refractivity contribution in [1.82, 2.24) is 0 Å². The number of rotatable bonds is 6. The van der Waals surface area contributed by atoms with Crippen molar-refractivity contribution < 1.29 is 19.0 Å². The normalized spacial score (nSPS) is 12.2. The minimum atomic E-state index is -0.973. The molecule has 0 saturated carbocycles. The van der Waals surface area contributed by atoms with Crippen LogP contribution in [0.5, 0.6) is 0 Å². The van der Waals surface area contributed by atoms with E-state index >= 15 is 0 Å². The number of carbonyl (C=O) groups is 1. The molecule has 4 heteroatoms. The lowest BCUT2D eigenvalue weighted by molar-refractivity contribution is -0.144. The second kappa shape index (κ2) is 7.11. The summed E-state index contributed by atoms with van der Waals surface area (Å²) in [5.41, 5.74) is 1.11. The van der Waals surface area contributed by atoms with Crippen LogP contribution in [0.2, 0.25) is 0 Å². The van der Waals surface area contributed by atoms with Gasteiger partial charge >= 0.3 is 5.97 Å². The molecule has 1 aromatic carbocycles. The van der Waals surface area contributed by atoms with Crippen LogP contribution in [0.1, 0.15) is 43.4 Å². The van der Waals surface area contributed by atoms with Crippen molar-refractivity contribution in [2.45, 2.75) is 39.2 Å². The first kappa shape index (κ1) is 14.6. The van der Waals surface area contributed by atoms with Crippen molar-refractivity contribution in [3.05, 3.63) is 35.1 Å². The molecule has 1 rings (SSSR count). The number of esters is 1. The lowest BCUT2D eigenvalue weighted by Crippen LogP contribution is -2.09. The predicted octanol–water partition coefficient (Wildman–Crippen LogP) is 2.90. The Morgan fingerprint density at radius 1 is 1.50 bits per heavy atom. The zero-order valence-corrected chi connectivity index (χ0v) is 10.8. The van der Waals surface area contributed by atoms with Gasteiger partial charge < -0.3 is 9.84 Å². The van der Waals surface area contributed by atoms with Gasteiger partial charge in [-0.1, -0.05) is 24.6 Å². The molecule has 0 aliphatic rings. The first-order valence-corrected chi connectivity index (χ1v) is 6.14. The maximum atomic E-state index is 13.5. The van der Waals surface area contributed by atoms with Crippen LogP contribution in [-0.2, 0) is 9.53 Å². The molecule has 1 aromatic rings. The van der Waals surface area contributed by atoms with Crippen molar-refractivity contribution in [3.8, 4) is 0 Å². The van der Waals surface area contributed by atoms with E-state index < -0.39 is 11.9 Å². The molecule has 0 amide bonds. The fraction of sp³-hybridized carbons (Fsp3) is 0.500. The fourth-order valence-electron chi connectivity index (χ4n) is 1.62. The average Bonchev–Trinajstić information content (AvgIpc) is 2.36. The Morgan fingerprint density at radius 2 is 2.22 bits per heavy atom. The molecule has 0 radical (unpaired) electrons. The Kier molecular flexibility index (Phi) is 5.78. The van der Waals surface area contributed by atoms with E-state index in [9.17, 15) is 14.3 Å². The molecule has 0 aliphatic carbocycles. The number of halogens is 1. The summed E-state index contributed by atoms with van der Waals surface area (Å²) < 4.78 is 18.4. The summed E-state index contributed by atoms with van der Waals surface area (Å²) >= 11 is 0. The van der Waals surface area contributed by atoms with Crippen LogP contribution in [-0.4, -0.2) is 17.7 Å². The van der Waals surface area contributed by atoms with Gasteiger partial charge in [0.25, 0.3) is 0 Å². The Balaban J connectivity index is 2.52. The molecule has 1 unspecified atom stereocenters. The zero-order valence-electron chi connectivity index (χ0n) is 10.8. The lowest BCUT2D eigenvalue weighted by atomic mass is 10.0. The molecule has 0 aliphatic heterocycles. The van der Waals surface area contributed by atoms with Crippen LogP contribution < -0.4 is 0 Å². The summed E-state index contributed by atoms with van der Waals surface area (Å²) in [6.45, 7) is 4.11. The van der Waals surface area contributed by atoms with Crippen LogP contribution >= 0.6 is 0 Å². The van der Waals surface area contributed by atoms with Crippen LogP contribution in [0, 0.1) is 12.7 Å². The first-order chi connectivity index (χ1) is 8.54. The Bertz CT molecular complexity index is 404. The second-order valence-corrected chi connectivity index (χ2v) is 4.30. The highest BCUT2D eigenvalue weighted by molar-refractivity contribution is 5.69. The molecule has 0 aromatic heterocycles.